The van der Waals surface area contributed by atoms with E-state index in [0.717, 1.165) is 46.6 Å². The fraction of sp³-hybridized carbons (Fsp3) is 0.407. The lowest BCUT2D eigenvalue weighted by atomic mass is 9.87. The van der Waals surface area contributed by atoms with Crippen LogP contribution in [-0.4, -0.2) is 46.1 Å². The van der Waals surface area contributed by atoms with Gasteiger partial charge in [-0.05, 0) is 134 Å². The van der Waals surface area contributed by atoms with Gasteiger partial charge in [-0.25, -0.2) is 9.97 Å². The van der Waals surface area contributed by atoms with Crippen LogP contribution in [0.3, 0.4) is 0 Å². The zero-order valence-electron chi connectivity index (χ0n) is 37.8. The Bertz CT molecular complexity index is 2380. The molecule has 3 heterocycles. The second kappa shape index (κ2) is 22.7. The molecule has 344 valence electrons. The van der Waals surface area contributed by atoms with Gasteiger partial charge in [0.05, 0.1) is 21.6 Å². The van der Waals surface area contributed by atoms with Crippen LogP contribution in [-0.2, 0) is 54.3 Å². The first-order valence-corrected chi connectivity index (χ1v) is 25.4. The van der Waals surface area contributed by atoms with E-state index in [-0.39, 0.29) is 47.5 Å². The average Bonchev–Trinajstić information content (AvgIpc) is 4.09. The van der Waals surface area contributed by atoms with E-state index < -0.39 is 11.9 Å². The molecule has 0 saturated heterocycles. The third-order valence-corrected chi connectivity index (χ3v) is 14.4. The number of ether oxygens (including phenoxy) is 4. The number of aryl methyl sites for hydroxylation is 4. The maximum absolute atomic E-state index is 13.8. The van der Waals surface area contributed by atoms with E-state index in [0.29, 0.717) is 99.5 Å². The highest BCUT2D eigenvalue weighted by atomic mass is 32.1. The van der Waals surface area contributed by atoms with Gasteiger partial charge >= 0.3 is 23.9 Å². The molecule has 0 radical (unpaired) electrons. The minimum absolute atomic E-state index is 0.225. The van der Waals surface area contributed by atoms with Gasteiger partial charge in [-0.3, -0.25) is 19.2 Å². The molecule has 8 rings (SSSR count). The molecule has 0 amide bonds. The van der Waals surface area contributed by atoms with E-state index in [1.807, 2.05) is 35.0 Å². The van der Waals surface area contributed by atoms with Crippen molar-refractivity contribution in [1.29, 1.82) is 0 Å². The Balaban J connectivity index is 0.906. The second-order valence-corrected chi connectivity index (χ2v) is 19.4. The number of carbonyl (C=O) groups is 4. The van der Waals surface area contributed by atoms with Crippen LogP contribution in [0.2, 0.25) is 0 Å². The zero-order chi connectivity index (χ0) is 45.8. The number of thiophene rings is 2. The first kappa shape index (κ1) is 46.8. The van der Waals surface area contributed by atoms with Crippen molar-refractivity contribution in [2.45, 2.75) is 129 Å². The van der Waals surface area contributed by atoms with Gasteiger partial charge in [-0.15, -0.1) is 22.7 Å². The molecule has 2 saturated carbocycles. The van der Waals surface area contributed by atoms with Crippen molar-refractivity contribution in [1.82, 2.24) is 9.97 Å². The fourth-order valence-corrected chi connectivity index (χ4v) is 10.4. The number of fused-ring (bicyclic) bond motifs is 1. The first-order valence-electron chi connectivity index (χ1n) is 23.6. The summed E-state index contributed by atoms with van der Waals surface area (Å²) in [6.07, 6.45) is 10.0. The summed E-state index contributed by atoms with van der Waals surface area (Å²) < 4.78 is 24.0. The minimum Gasteiger partial charge on any atom is -0.462 e. The van der Waals surface area contributed by atoms with Crippen molar-refractivity contribution in [2.75, 3.05) is 0 Å². The van der Waals surface area contributed by atoms with E-state index in [4.69, 9.17) is 28.9 Å². The van der Waals surface area contributed by atoms with Crippen molar-refractivity contribution in [3.8, 4) is 32.6 Å². The molecule has 6 aromatic rings. The van der Waals surface area contributed by atoms with Crippen LogP contribution in [0.25, 0.3) is 32.2 Å². The summed E-state index contributed by atoms with van der Waals surface area (Å²) >= 11 is 3.06. The molecule has 66 heavy (non-hydrogen) atoms. The highest BCUT2D eigenvalue weighted by Gasteiger charge is 2.33. The molecule has 3 aromatic carbocycles. The van der Waals surface area contributed by atoms with E-state index in [2.05, 4.69) is 62.4 Å². The van der Waals surface area contributed by atoms with Crippen molar-refractivity contribution in [3.05, 3.63) is 118 Å². The molecule has 0 aliphatic heterocycles. The Kier molecular flexibility index (Phi) is 16.1. The average molecular weight is 927 g/mol. The second-order valence-electron chi connectivity index (χ2n) is 17.5. The van der Waals surface area contributed by atoms with E-state index in [9.17, 15) is 19.2 Å². The molecule has 0 N–H and O–H groups in total. The van der Waals surface area contributed by atoms with Gasteiger partial charge in [-0.2, -0.15) is 0 Å². The van der Waals surface area contributed by atoms with E-state index in [1.54, 1.807) is 12.1 Å². The Hall–Kier alpha value is -5.72. The Morgan fingerprint density at radius 2 is 0.864 bits per heavy atom. The smallest absolute Gasteiger partial charge is 0.314 e. The van der Waals surface area contributed by atoms with Crippen molar-refractivity contribution >= 4 is 57.6 Å². The molecule has 12 heteroatoms. The Morgan fingerprint density at radius 1 is 0.500 bits per heavy atom. The monoisotopic (exact) mass is 926 g/mol. The minimum atomic E-state index is -0.391. The Labute approximate surface area is 395 Å². The predicted molar refractivity (Wildman–Crippen MR) is 259 cm³/mol. The van der Waals surface area contributed by atoms with Crippen LogP contribution >= 0.6 is 22.7 Å². The molecule has 10 nitrogen and oxygen atoms in total. The Morgan fingerprint density at radius 3 is 1.20 bits per heavy atom. The molecule has 0 unspecified atom stereocenters. The van der Waals surface area contributed by atoms with Crippen LogP contribution in [0.15, 0.2) is 95.7 Å². The highest BCUT2D eigenvalue weighted by molar-refractivity contribution is 7.14. The lowest BCUT2D eigenvalue weighted by molar-refractivity contribution is -0.153. The van der Waals surface area contributed by atoms with E-state index in [1.165, 1.54) is 33.8 Å². The van der Waals surface area contributed by atoms with Gasteiger partial charge in [0.1, 0.15) is 34.6 Å². The van der Waals surface area contributed by atoms with Crippen LogP contribution in [0, 0.1) is 11.8 Å². The number of hydrogen-bond acceptors (Lipinski definition) is 12. The maximum atomic E-state index is 13.8. The number of hydrogen-bond donors (Lipinski definition) is 0. The van der Waals surface area contributed by atoms with Crippen molar-refractivity contribution in [2.24, 2.45) is 11.8 Å². The van der Waals surface area contributed by atoms with Crippen LogP contribution in [0.5, 0.6) is 11.5 Å². The molecule has 2 fully saturated rings. The zero-order valence-corrected chi connectivity index (χ0v) is 39.5. The highest BCUT2D eigenvalue weighted by Crippen LogP contribution is 2.41. The van der Waals surface area contributed by atoms with Crippen LogP contribution < -0.4 is 9.47 Å². The normalized spacial score (nSPS) is 18.4. The number of carbonyl (C=O) groups excluding carboxylic acids is 4. The fourth-order valence-electron chi connectivity index (χ4n) is 8.94. The van der Waals surface area contributed by atoms with E-state index >= 15 is 0 Å². The van der Waals surface area contributed by atoms with Gasteiger partial charge in [0.25, 0.3) is 0 Å². The summed E-state index contributed by atoms with van der Waals surface area (Å²) in [5.41, 5.74) is 6.71. The summed E-state index contributed by atoms with van der Waals surface area (Å²) in [6, 6.07) is 27.9. The number of benzene rings is 3. The molecule has 2 aliphatic carbocycles. The molecule has 0 bridgehead atoms. The standard InChI is InChI=1S/C54H58N2O8S2/c1-3-7-35-11-15-37(16-12-35)19-31-47(57)61-41-25-21-39(22-26-41)53(59)63-43-29-30-44(50-49(43)55-51(45-9-5-33-65-45)52(56-50)46-10-6-34-66-46)64-54(60)40-23-27-42(28-24-40)62-48(58)32-20-38-17-13-36(8-4-2)14-18-38/h5-6,9-18,29-30,33-34,39-42H,3-4,7-8,19-28,31-32H2,1-2H3/t39-,40-,41-,42-. The topological polar surface area (TPSA) is 131 Å². The van der Waals surface area contributed by atoms with Gasteiger partial charge in [0, 0.05) is 12.8 Å². The van der Waals surface area contributed by atoms with Crippen LogP contribution in [0.1, 0.15) is 113 Å². The molecular weight excluding hydrogens is 869 g/mol. The lowest BCUT2D eigenvalue weighted by Gasteiger charge is -2.27. The SMILES string of the molecule is CCCc1ccc(CCC(=O)O[C@H]2CC[C@H](C(=O)Oc3ccc(OC(=O)[C@H]4CC[C@H](OC(=O)CCc5ccc(CCC)cc5)CC4)c4nc(-c5cccs5)c(-c5cccs5)nc34)CC2)cc1. The molecule has 0 spiro atoms. The van der Waals surface area contributed by atoms with Gasteiger partial charge in [-0.1, -0.05) is 87.4 Å². The maximum Gasteiger partial charge on any atom is 0.314 e. The number of rotatable bonds is 18. The predicted octanol–water partition coefficient (Wildman–Crippen LogP) is 12.3. The molecular formula is C54H58N2O8S2. The summed E-state index contributed by atoms with van der Waals surface area (Å²) in [5, 5.41) is 3.95. The quantitative estimate of drug-likeness (QED) is 0.0606. The summed E-state index contributed by atoms with van der Waals surface area (Å²) in [5.74, 6) is -1.55. The number of nitrogens with zero attached hydrogens (tertiary/aromatic N) is 2. The largest absolute Gasteiger partial charge is 0.462 e. The molecule has 0 atom stereocenters. The summed E-state index contributed by atoms with van der Waals surface area (Å²) in [7, 11) is 0. The third-order valence-electron chi connectivity index (χ3n) is 12.6. The van der Waals surface area contributed by atoms with Crippen LogP contribution in [0.4, 0.5) is 0 Å². The third kappa shape index (κ3) is 12.2. The number of aromatic nitrogens is 2. The van der Waals surface area contributed by atoms with Gasteiger partial charge in [0.15, 0.2) is 11.5 Å². The number of esters is 4. The summed E-state index contributed by atoms with van der Waals surface area (Å²) in [4.78, 5) is 65.2. The van der Waals surface area contributed by atoms with Gasteiger partial charge < -0.3 is 18.9 Å². The lowest BCUT2D eigenvalue weighted by Crippen LogP contribution is -2.30. The molecule has 3 aromatic heterocycles. The van der Waals surface area contributed by atoms with Crippen molar-refractivity contribution in [3.63, 3.8) is 0 Å². The van der Waals surface area contributed by atoms with Gasteiger partial charge in [0.2, 0.25) is 0 Å². The van der Waals surface area contributed by atoms with Crippen molar-refractivity contribution < 1.29 is 38.1 Å². The summed E-state index contributed by atoms with van der Waals surface area (Å²) in [6.45, 7) is 4.32. The first-order chi connectivity index (χ1) is 32.2. The molecule has 2 aliphatic rings.